The van der Waals surface area contributed by atoms with Crippen LogP contribution in [0.1, 0.15) is 18.9 Å². The molecule has 0 bridgehead atoms. The first kappa shape index (κ1) is 16.3. The largest absolute Gasteiger partial charge is 0.522 e. The Morgan fingerprint density at radius 2 is 1.70 bits per heavy atom. The average Bonchev–Trinajstić information content (AvgIpc) is 2.54. The van der Waals surface area contributed by atoms with Gasteiger partial charge in [0.1, 0.15) is 13.1 Å². The summed E-state index contributed by atoms with van der Waals surface area (Å²) in [4.78, 5) is 8.70. The van der Waals surface area contributed by atoms with Crippen LogP contribution in [0.25, 0.3) is 15.8 Å². The minimum Gasteiger partial charge on any atom is -0.378 e. The van der Waals surface area contributed by atoms with Gasteiger partial charge in [-0.3, -0.25) is 0 Å². The molecule has 0 aliphatic heterocycles. The Morgan fingerprint density at radius 3 is 2.26 bits per heavy atom. The smallest absolute Gasteiger partial charge is 0.378 e. The lowest BCUT2D eigenvalue weighted by Crippen LogP contribution is -2.07. The van der Waals surface area contributed by atoms with E-state index in [1.165, 1.54) is 5.69 Å². The second-order valence-electron chi connectivity index (χ2n) is 5.70. The number of hydrogen-bond donors (Lipinski definition) is 0. The fourth-order valence-corrected chi connectivity index (χ4v) is 2.41. The lowest BCUT2D eigenvalue weighted by Gasteiger charge is -2.12. The molecule has 1 aliphatic carbocycles. The van der Waals surface area contributed by atoms with Crippen LogP contribution in [0, 0.1) is 13.1 Å². The third-order valence-electron chi connectivity index (χ3n) is 3.60. The minimum absolute atomic E-state index is 0.165. The van der Waals surface area contributed by atoms with Gasteiger partial charge in [0.2, 0.25) is 0 Å². The zero-order valence-electron chi connectivity index (χ0n) is 13.7. The van der Waals surface area contributed by atoms with Crippen LogP contribution in [0.5, 0.6) is 0 Å². The van der Waals surface area contributed by atoms with Crippen LogP contribution >= 0.6 is 0 Å². The number of benzene rings is 1. The van der Waals surface area contributed by atoms with Gasteiger partial charge in [0.25, 0.3) is 0 Å². The highest BCUT2D eigenvalue weighted by molar-refractivity contribution is 5.60. The van der Waals surface area contributed by atoms with E-state index >= 15 is 0 Å². The molecule has 0 unspecified atom stereocenters. The van der Waals surface area contributed by atoms with Crippen LogP contribution in [0.2, 0.25) is 0 Å². The second-order valence-corrected chi connectivity index (χ2v) is 5.70. The van der Waals surface area contributed by atoms with Crippen molar-refractivity contribution in [2.45, 2.75) is 13.3 Å². The first-order valence-electron chi connectivity index (χ1n) is 7.36. The minimum atomic E-state index is 0.165. The van der Waals surface area contributed by atoms with Gasteiger partial charge in [-0.15, -0.1) is 0 Å². The standard InChI is InChI=1S/C20H19N3/c1-15-12-17(14-18(13-15)20(21-2)22-3)7-6-16-8-10-19(11-9-16)23(4)5/h6-12,14H,13H2,1,4-5H3. The normalized spacial score (nSPS) is 13.9. The van der Waals surface area contributed by atoms with Gasteiger partial charge in [-0.05, 0) is 36.6 Å². The molecule has 114 valence electrons. The quantitative estimate of drug-likeness (QED) is 0.708. The topological polar surface area (TPSA) is 12.0 Å². The summed E-state index contributed by atoms with van der Waals surface area (Å²) in [5.74, 6) is 0.165. The second kappa shape index (κ2) is 7.29. The van der Waals surface area contributed by atoms with Crippen LogP contribution in [0.4, 0.5) is 5.69 Å². The van der Waals surface area contributed by atoms with Crippen LogP contribution < -0.4 is 4.90 Å². The molecular weight excluding hydrogens is 282 g/mol. The highest BCUT2D eigenvalue weighted by Crippen LogP contribution is 2.26. The summed E-state index contributed by atoms with van der Waals surface area (Å²) in [6, 6.07) is 8.31. The van der Waals surface area contributed by atoms with Gasteiger partial charge >= 0.3 is 5.82 Å². The number of allylic oxidation sites excluding steroid dienone is 6. The van der Waals surface area contributed by atoms with Crippen molar-refractivity contribution in [3.05, 3.63) is 93.4 Å². The third kappa shape index (κ3) is 4.22. The maximum absolute atomic E-state index is 7.10. The van der Waals surface area contributed by atoms with E-state index in [4.69, 9.17) is 13.1 Å². The van der Waals surface area contributed by atoms with Gasteiger partial charge in [-0.2, -0.15) is 9.69 Å². The Labute approximate surface area is 138 Å². The van der Waals surface area contributed by atoms with Gasteiger partial charge in [0.15, 0.2) is 0 Å². The Balaban J connectivity index is 2.26. The van der Waals surface area contributed by atoms with E-state index in [1.807, 2.05) is 39.2 Å². The SMILES string of the molecule is [C-]#[N+]C([N+]#[C-])=C1C=C(C=Cc2ccc(N(C)C)cc2)C=C(C)C1. The van der Waals surface area contributed by atoms with Crippen molar-refractivity contribution in [3.8, 4) is 0 Å². The highest BCUT2D eigenvalue weighted by atomic mass is 15.1. The van der Waals surface area contributed by atoms with Crippen molar-refractivity contribution in [2.24, 2.45) is 0 Å². The lowest BCUT2D eigenvalue weighted by atomic mass is 9.95. The van der Waals surface area contributed by atoms with Gasteiger partial charge in [-0.1, -0.05) is 42.0 Å². The number of anilines is 1. The van der Waals surface area contributed by atoms with Gasteiger partial charge in [-0.25, -0.2) is 0 Å². The lowest BCUT2D eigenvalue weighted by molar-refractivity contribution is 1.11. The predicted octanol–water partition coefficient (Wildman–Crippen LogP) is 5.09. The molecule has 0 spiro atoms. The Bertz CT molecular complexity index is 773. The molecule has 1 aliphatic rings. The molecule has 0 aromatic heterocycles. The van der Waals surface area contributed by atoms with E-state index in [1.54, 1.807) is 0 Å². The molecule has 23 heavy (non-hydrogen) atoms. The molecule has 0 saturated carbocycles. The predicted molar refractivity (Wildman–Crippen MR) is 96.5 cm³/mol. The fraction of sp³-hybridized carbons (Fsp3) is 0.200. The van der Waals surface area contributed by atoms with Crippen molar-refractivity contribution in [3.63, 3.8) is 0 Å². The van der Waals surface area contributed by atoms with Gasteiger partial charge in [0, 0.05) is 19.8 Å². The molecular formula is C20H19N3. The first-order chi connectivity index (χ1) is 11.0. The number of nitrogens with zero attached hydrogens (tertiary/aromatic N) is 3. The molecule has 0 radical (unpaired) electrons. The van der Waals surface area contributed by atoms with E-state index in [2.05, 4.69) is 44.9 Å². The Morgan fingerprint density at radius 1 is 1.04 bits per heavy atom. The number of hydrogen-bond acceptors (Lipinski definition) is 1. The van der Waals surface area contributed by atoms with Crippen molar-refractivity contribution < 1.29 is 0 Å². The molecule has 0 N–H and O–H groups in total. The average molecular weight is 301 g/mol. The zero-order valence-corrected chi connectivity index (χ0v) is 13.7. The summed E-state index contributed by atoms with van der Waals surface area (Å²) in [5.41, 5.74) is 5.27. The van der Waals surface area contributed by atoms with Crippen molar-refractivity contribution in [1.29, 1.82) is 0 Å². The first-order valence-corrected chi connectivity index (χ1v) is 7.36. The van der Waals surface area contributed by atoms with Crippen LogP contribution in [0.15, 0.2) is 65.0 Å². The molecule has 3 nitrogen and oxygen atoms in total. The van der Waals surface area contributed by atoms with E-state index in [0.717, 1.165) is 22.3 Å². The van der Waals surface area contributed by atoms with E-state index < -0.39 is 0 Å². The van der Waals surface area contributed by atoms with Gasteiger partial charge < -0.3 is 4.90 Å². The molecule has 0 fully saturated rings. The molecule has 1 aromatic carbocycles. The fourth-order valence-electron chi connectivity index (χ4n) is 2.41. The van der Waals surface area contributed by atoms with Crippen LogP contribution in [0.3, 0.4) is 0 Å². The maximum atomic E-state index is 7.10. The molecule has 0 atom stereocenters. The summed E-state index contributed by atoms with van der Waals surface area (Å²) in [6.45, 7) is 16.2. The third-order valence-corrected chi connectivity index (χ3v) is 3.60. The monoisotopic (exact) mass is 301 g/mol. The molecule has 2 rings (SSSR count). The molecule has 0 saturated heterocycles. The maximum Gasteiger partial charge on any atom is 0.522 e. The summed E-state index contributed by atoms with van der Waals surface area (Å²) >= 11 is 0. The molecule has 0 heterocycles. The van der Waals surface area contributed by atoms with Crippen molar-refractivity contribution in [2.75, 3.05) is 19.0 Å². The van der Waals surface area contributed by atoms with Crippen LogP contribution in [-0.4, -0.2) is 14.1 Å². The summed E-state index contributed by atoms with van der Waals surface area (Å²) < 4.78 is 0. The van der Waals surface area contributed by atoms with E-state index in [-0.39, 0.29) is 5.82 Å². The Kier molecular flexibility index (Phi) is 5.18. The highest BCUT2D eigenvalue weighted by Gasteiger charge is 2.15. The summed E-state index contributed by atoms with van der Waals surface area (Å²) in [6.07, 6.45) is 8.78. The molecule has 1 aromatic rings. The van der Waals surface area contributed by atoms with Crippen molar-refractivity contribution >= 4 is 11.8 Å². The Hall–Kier alpha value is -3.04. The van der Waals surface area contributed by atoms with Gasteiger partial charge in [0.05, 0.1) is 5.57 Å². The summed E-state index contributed by atoms with van der Waals surface area (Å²) in [7, 11) is 4.04. The number of rotatable bonds is 3. The summed E-state index contributed by atoms with van der Waals surface area (Å²) in [5, 5.41) is 0. The van der Waals surface area contributed by atoms with E-state index in [0.29, 0.717) is 6.42 Å². The van der Waals surface area contributed by atoms with Crippen molar-refractivity contribution in [1.82, 2.24) is 0 Å². The van der Waals surface area contributed by atoms with E-state index in [9.17, 15) is 0 Å². The molecule has 0 amide bonds. The zero-order chi connectivity index (χ0) is 16.8. The molecule has 3 heteroatoms. The van der Waals surface area contributed by atoms with Crippen LogP contribution in [-0.2, 0) is 0 Å².